The zero-order valence-electron chi connectivity index (χ0n) is 31.5. The largest absolute Gasteiger partial charge is 0.310 e. The lowest BCUT2D eigenvalue weighted by molar-refractivity contribution is 1.29. The van der Waals surface area contributed by atoms with Crippen LogP contribution in [0.25, 0.3) is 77.2 Å². The molecule has 0 radical (unpaired) electrons. The van der Waals surface area contributed by atoms with Crippen molar-refractivity contribution in [3.63, 3.8) is 0 Å². The number of hydrogen-bond donors (Lipinski definition) is 0. The van der Waals surface area contributed by atoms with Crippen molar-refractivity contribution >= 4 is 38.6 Å². The predicted molar refractivity (Wildman–Crippen MR) is 243 cm³/mol. The predicted octanol–water partition coefficient (Wildman–Crippen LogP) is 15.8. The van der Waals surface area contributed by atoms with Crippen molar-refractivity contribution in [1.29, 1.82) is 0 Å². The van der Waals surface area contributed by atoms with E-state index < -0.39 is 0 Å². The first-order valence-electron chi connectivity index (χ1n) is 19.6. The van der Waals surface area contributed by atoms with Gasteiger partial charge in [0.25, 0.3) is 0 Å². The molecular formula is C56H39N. The van der Waals surface area contributed by atoms with E-state index in [0.717, 1.165) is 17.1 Å². The van der Waals surface area contributed by atoms with Crippen LogP contribution in [0, 0.1) is 0 Å². The summed E-state index contributed by atoms with van der Waals surface area (Å²) >= 11 is 0. The summed E-state index contributed by atoms with van der Waals surface area (Å²) in [6.45, 7) is 0. The van der Waals surface area contributed by atoms with Gasteiger partial charge in [-0.15, -0.1) is 0 Å². The highest BCUT2D eigenvalue weighted by Gasteiger charge is 2.22. The van der Waals surface area contributed by atoms with Crippen LogP contribution in [0.1, 0.15) is 0 Å². The minimum atomic E-state index is 1.09. The molecule has 0 aromatic heterocycles. The highest BCUT2D eigenvalue weighted by molar-refractivity contribution is 6.22. The minimum Gasteiger partial charge on any atom is -0.310 e. The first-order valence-corrected chi connectivity index (χ1v) is 19.6. The zero-order chi connectivity index (χ0) is 38.0. The number of anilines is 3. The second-order valence-electron chi connectivity index (χ2n) is 14.4. The summed E-state index contributed by atoms with van der Waals surface area (Å²) in [5.41, 5.74) is 15.3. The first kappa shape index (κ1) is 34.0. The molecule has 0 aliphatic carbocycles. The fourth-order valence-corrected chi connectivity index (χ4v) is 8.48. The molecule has 0 unspecified atom stereocenters. The maximum absolute atomic E-state index is 2.45. The average Bonchev–Trinajstić information content (AvgIpc) is 3.30. The smallest absolute Gasteiger partial charge is 0.0540 e. The maximum Gasteiger partial charge on any atom is 0.0540 e. The Labute approximate surface area is 334 Å². The third kappa shape index (κ3) is 6.36. The lowest BCUT2D eigenvalue weighted by Crippen LogP contribution is -2.11. The molecule has 0 saturated carbocycles. The van der Waals surface area contributed by atoms with Gasteiger partial charge in [0.1, 0.15) is 0 Å². The van der Waals surface area contributed by atoms with E-state index in [1.165, 1.54) is 77.2 Å². The lowest BCUT2D eigenvalue weighted by Gasteiger charge is -2.29. The van der Waals surface area contributed by atoms with Crippen LogP contribution in [0.2, 0.25) is 0 Å². The second kappa shape index (κ2) is 15.0. The number of fused-ring (bicyclic) bond motifs is 3. The molecule has 0 fully saturated rings. The molecule has 0 aliphatic rings. The fraction of sp³-hybridized carbons (Fsp3) is 0. The third-order valence-corrected chi connectivity index (χ3v) is 11.1. The van der Waals surface area contributed by atoms with Crippen LogP contribution in [0.15, 0.2) is 237 Å². The summed E-state index contributed by atoms with van der Waals surface area (Å²) in [4.78, 5) is 2.45. The Morgan fingerprint density at radius 3 is 1.21 bits per heavy atom. The molecule has 0 atom stereocenters. The maximum atomic E-state index is 2.45. The molecule has 0 amide bonds. The summed E-state index contributed by atoms with van der Waals surface area (Å²) in [6, 6.07) is 85.7. The van der Waals surface area contributed by atoms with Crippen LogP contribution in [0.5, 0.6) is 0 Å². The van der Waals surface area contributed by atoms with E-state index in [4.69, 9.17) is 0 Å². The molecule has 10 rings (SSSR count). The zero-order valence-corrected chi connectivity index (χ0v) is 31.5. The average molecular weight is 726 g/mol. The molecule has 1 heteroatoms. The summed E-state index contributed by atoms with van der Waals surface area (Å²) in [5.74, 6) is 0. The molecule has 268 valence electrons. The number of rotatable bonds is 8. The van der Waals surface area contributed by atoms with Crippen molar-refractivity contribution in [2.75, 3.05) is 4.90 Å². The Kier molecular flexibility index (Phi) is 8.95. The molecule has 0 aliphatic heterocycles. The SMILES string of the molecule is c1ccc(-c2ccc(N(c3ccc4c(-c5ccccc5)c(-c5ccccc5)c5ccccc5c4c3)c3ccccc3-c3ccccc3)cc2-c2ccccc2)cc1. The minimum absolute atomic E-state index is 1.09. The van der Waals surface area contributed by atoms with Crippen molar-refractivity contribution in [3.8, 4) is 55.6 Å². The van der Waals surface area contributed by atoms with Crippen molar-refractivity contribution in [1.82, 2.24) is 0 Å². The Morgan fingerprint density at radius 2 is 0.632 bits per heavy atom. The Bertz CT molecular complexity index is 2970. The number of hydrogen-bond acceptors (Lipinski definition) is 1. The van der Waals surface area contributed by atoms with Gasteiger partial charge in [-0.05, 0) is 102 Å². The van der Waals surface area contributed by atoms with Crippen LogP contribution in [-0.4, -0.2) is 0 Å². The van der Waals surface area contributed by atoms with Gasteiger partial charge in [0, 0.05) is 16.9 Å². The molecule has 10 aromatic carbocycles. The molecule has 0 N–H and O–H groups in total. The van der Waals surface area contributed by atoms with Gasteiger partial charge in [0.2, 0.25) is 0 Å². The molecule has 10 aromatic rings. The summed E-state index contributed by atoms with van der Waals surface area (Å²) in [5, 5.41) is 4.91. The fourth-order valence-electron chi connectivity index (χ4n) is 8.48. The molecular weight excluding hydrogens is 687 g/mol. The normalized spacial score (nSPS) is 11.2. The van der Waals surface area contributed by atoms with Gasteiger partial charge in [-0.3, -0.25) is 0 Å². The van der Waals surface area contributed by atoms with Gasteiger partial charge in [-0.2, -0.15) is 0 Å². The lowest BCUT2D eigenvalue weighted by atomic mass is 9.85. The number of benzene rings is 10. The van der Waals surface area contributed by atoms with E-state index in [2.05, 4.69) is 241 Å². The van der Waals surface area contributed by atoms with E-state index >= 15 is 0 Å². The first-order chi connectivity index (χ1) is 28.3. The van der Waals surface area contributed by atoms with Crippen molar-refractivity contribution < 1.29 is 0 Å². The molecule has 0 spiro atoms. The Hall–Kier alpha value is -7.48. The van der Waals surface area contributed by atoms with Crippen LogP contribution >= 0.6 is 0 Å². The van der Waals surface area contributed by atoms with E-state index in [1.807, 2.05) is 0 Å². The second-order valence-corrected chi connectivity index (χ2v) is 14.4. The van der Waals surface area contributed by atoms with Gasteiger partial charge in [-0.1, -0.05) is 206 Å². The van der Waals surface area contributed by atoms with Gasteiger partial charge in [-0.25, -0.2) is 0 Å². The molecule has 57 heavy (non-hydrogen) atoms. The summed E-state index contributed by atoms with van der Waals surface area (Å²) < 4.78 is 0. The van der Waals surface area contributed by atoms with E-state index in [1.54, 1.807) is 0 Å². The number of para-hydroxylation sites is 1. The van der Waals surface area contributed by atoms with Gasteiger partial charge >= 0.3 is 0 Å². The van der Waals surface area contributed by atoms with Gasteiger partial charge < -0.3 is 4.90 Å². The van der Waals surface area contributed by atoms with E-state index in [9.17, 15) is 0 Å². The van der Waals surface area contributed by atoms with Crippen LogP contribution in [-0.2, 0) is 0 Å². The third-order valence-electron chi connectivity index (χ3n) is 11.1. The molecule has 1 nitrogen and oxygen atoms in total. The Morgan fingerprint density at radius 1 is 0.228 bits per heavy atom. The summed E-state index contributed by atoms with van der Waals surface area (Å²) in [6.07, 6.45) is 0. The van der Waals surface area contributed by atoms with E-state index in [-0.39, 0.29) is 0 Å². The van der Waals surface area contributed by atoms with E-state index in [0.29, 0.717) is 0 Å². The van der Waals surface area contributed by atoms with Crippen molar-refractivity contribution in [2.45, 2.75) is 0 Å². The van der Waals surface area contributed by atoms with Gasteiger partial charge in [0.05, 0.1) is 5.69 Å². The van der Waals surface area contributed by atoms with Crippen molar-refractivity contribution in [3.05, 3.63) is 237 Å². The molecule has 0 heterocycles. The van der Waals surface area contributed by atoms with Gasteiger partial charge in [0.15, 0.2) is 0 Å². The van der Waals surface area contributed by atoms with Crippen molar-refractivity contribution in [2.24, 2.45) is 0 Å². The Balaban J connectivity index is 1.28. The number of nitrogens with zero attached hydrogens (tertiary/aromatic N) is 1. The standard InChI is InChI=1S/C56H39N/c1-6-20-40(21-7-1)47-36-34-45(38-52(47)42-24-10-3-11-25-42)57(54-33-19-18-30-48(54)41-22-8-2-9-23-41)46-35-37-51-53(39-46)49-31-16-17-32-50(49)55(43-26-12-4-13-27-43)56(51)44-28-14-5-15-29-44/h1-39H. The molecule has 0 bridgehead atoms. The highest BCUT2D eigenvalue weighted by atomic mass is 15.1. The molecule has 0 saturated heterocycles. The quantitative estimate of drug-likeness (QED) is 0.141. The summed E-state index contributed by atoms with van der Waals surface area (Å²) in [7, 11) is 0. The monoisotopic (exact) mass is 725 g/mol. The highest BCUT2D eigenvalue weighted by Crippen LogP contribution is 2.48. The van der Waals surface area contributed by atoms with Crippen LogP contribution in [0.4, 0.5) is 17.1 Å². The van der Waals surface area contributed by atoms with Crippen LogP contribution < -0.4 is 4.90 Å². The van der Waals surface area contributed by atoms with Crippen LogP contribution in [0.3, 0.4) is 0 Å². The topological polar surface area (TPSA) is 3.24 Å².